The molecule has 0 aliphatic carbocycles. The molecule has 2 aromatic rings. The van der Waals surface area contributed by atoms with E-state index in [0.717, 1.165) is 11.1 Å². The fourth-order valence-electron chi connectivity index (χ4n) is 2.21. The van der Waals surface area contributed by atoms with Crippen molar-refractivity contribution in [3.8, 4) is 0 Å². The number of hydrogen-bond acceptors (Lipinski definition) is 3. The van der Waals surface area contributed by atoms with Crippen molar-refractivity contribution in [3.05, 3.63) is 59.7 Å². The Morgan fingerprint density at radius 2 is 1.71 bits per heavy atom. The average molecular weight is 304 g/mol. The van der Waals surface area contributed by atoms with Crippen molar-refractivity contribution in [1.29, 1.82) is 0 Å². The number of aryl methyl sites for hydroxylation is 1. The summed E-state index contributed by atoms with van der Waals surface area (Å²) in [5.74, 6) is 0. The van der Waals surface area contributed by atoms with Gasteiger partial charge >= 0.3 is 0 Å². The Bertz CT molecular complexity index is 727. The Labute approximate surface area is 126 Å². The van der Waals surface area contributed by atoms with Gasteiger partial charge in [0.05, 0.1) is 5.69 Å². The van der Waals surface area contributed by atoms with E-state index >= 15 is 0 Å². The Kier molecular flexibility index (Phi) is 4.34. The van der Waals surface area contributed by atoms with Crippen LogP contribution < -0.4 is 5.73 Å². The van der Waals surface area contributed by atoms with Gasteiger partial charge in [0.2, 0.25) is 10.0 Å². The SMILES string of the molecule is Cc1ccc(S(=O)(=O)N(C)C(C)c2ccccc2)c(N)c1. The molecule has 0 fully saturated rings. The van der Waals surface area contributed by atoms with Crippen molar-refractivity contribution in [3.63, 3.8) is 0 Å². The van der Waals surface area contributed by atoms with Crippen LogP contribution in [0.3, 0.4) is 0 Å². The zero-order valence-electron chi connectivity index (χ0n) is 12.4. The molecule has 0 aromatic heterocycles. The van der Waals surface area contributed by atoms with E-state index in [1.54, 1.807) is 25.2 Å². The van der Waals surface area contributed by atoms with Gasteiger partial charge < -0.3 is 5.73 Å². The summed E-state index contributed by atoms with van der Waals surface area (Å²) in [6.45, 7) is 3.74. The van der Waals surface area contributed by atoms with E-state index in [1.165, 1.54) is 4.31 Å². The van der Waals surface area contributed by atoms with Crippen molar-refractivity contribution in [2.24, 2.45) is 0 Å². The van der Waals surface area contributed by atoms with Gasteiger partial charge in [-0.3, -0.25) is 0 Å². The van der Waals surface area contributed by atoms with Crippen molar-refractivity contribution < 1.29 is 8.42 Å². The summed E-state index contributed by atoms with van der Waals surface area (Å²) in [5, 5.41) is 0. The third kappa shape index (κ3) is 3.09. The Balaban J connectivity index is 2.39. The minimum absolute atomic E-state index is 0.151. The van der Waals surface area contributed by atoms with Crippen LogP contribution in [-0.2, 0) is 10.0 Å². The lowest BCUT2D eigenvalue weighted by molar-refractivity contribution is 0.398. The number of nitrogen functional groups attached to an aromatic ring is 1. The quantitative estimate of drug-likeness (QED) is 0.883. The molecule has 112 valence electrons. The van der Waals surface area contributed by atoms with Gasteiger partial charge in [0, 0.05) is 13.1 Å². The normalized spacial score (nSPS) is 13.3. The molecule has 1 atom stereocenters. The van der Waals surface area contributed by atoms with E-state index in [1.807, 2.05) is 44.2 Å². The fraction of sp³-hybridized carbons (Fsp3) is 0.250. The van der Waals surface area contributed by atoms with Gasteiger partial charge in [0.15, 0.2) is 0 Å². The molecule has 1 unspecified atom stereocenters. The van der Waals surface area contributed by atoms with Crippen LogP contribution in [0.15, 0.2) is 53.4 Å². The molecule has 0 aliphatic heterocycles. The first kappa shape index (κ1) is 15.5. The lowest BCUT2D eigenvalue weighted by Gasteiger charge is -2.25. The molecule has 0 radical (unpaired) electrons. The first-order chi connectivity index (χ1) is 9.84. The van der Waals surface area contributed by atoms with Gasteiger partial charge in [-0.05, 0) is 37.1 Å². The van der Waals surface area contributed by atoms with E-state index in [-0.39, 0.29) is 16.6 Å². The highest BCUT2D eigenvalue weighted by Crippen LogP contribution is 2.28. The van der Waals surface area contributed by atoms with E-state index in [9.17, 15) is 8.42 Å². The molecule has 0 saturated heterocycles. The van der Waals surface area contributed by atoms with Crippen LogP contribution in [0.1, 0.15) is 24.1 Å². The highest BCUT2D eigenvalue weighted by molar-refractivity contribution is 7.89. The Hall–Kier alpha value is -1.85. The number of nitrogens with two attached hydrogens (primary N) is 1. The molecular formula is C16H20N2O2S. The zero-order valence-corrected chi connectivity index (χ0v) is 13.3. The summed E-state index contributed by atoms with van der Waals surface area (Å²) < 4.78 is 26.8. The van der Waals surface area contributed by atoms with Gasteiger partial charge in [-0.2, -0.15) is 4.31 Å². The lowest BCUT2D eigenvalue weighted by Crippen LogP contribution is -2.30. The van der Waals surface area contributed by atoms with Crippen LogP contribution in [0.25, 0.3) is 0 Å². The van der Waals surface area contributed by atoms with Crippen molar-refractivity contribution in [2.75, 3.05) is 12.8 Å². The van der Waals surface area contributed by atoms with E-state index in [0.29, 0.717) is 0 Å². The zero-order chi connectivity index (χ0) is 15.6. The van der Waals surface area contributed by atoms with Crippen molar-refractivity contribution in [1.82, 2.24) is 4.31 Å². The highest BCUT2D eigenvalue weighted by Gasteiger charge is 2.27. The highest BCUT2D eigenvalue weighted by atomic mass is 32.2. The van der Waals surface area contributed by atoms with Gasteiger partial charge in [0.1, 0.15) is 4.90 Å². The predicted octanol–water partition coefficient (Wildman–Crippen LogP) is 2.96. The third-order valence-corrected chi connectivity index (χ3v) is 5.65. The molecule has 21 heavy (non-hydrogen) atoms. The van der Waals surface area contributed by atoms with E-state index in [4.69, 9.17) is 5.73 Å². The minimum Gasteiger partial charge on any atom is -0.398 e. The lowest BCUT2D eigenvalue weighted by atomic mass is 10.1. The summed E-state index contributed by atoms with van der Waals surface area (Å²) >= 11 is 0. The maximum absolute atomic E-state index is 12.7. The third-order valence-electron chi connectivity index (χ3n) is 3.65. The molecule has 5 heteroatoms. The topological polar surface area (TPSA) is 63.4 Å². The summed E-state index contributed by atoms with van der Waals surface area (Å²) in [6, 6.07) is 14.2. The number of hydrogen-bond donors (Lipinski definition) is 1. The Morgan fingerprint density at radius 1 is 1.10 bits per heavy atom. The van der Waals surface area contributed by atoms with Crippen molar-refractivity contribution >= 4 is 15.7 Å². The predicted molar refractivity (Wildman–Crippen MR) is 85.4 cm³/mol. The van der Waals surface area contributed by atoms with Crippen molar-refractivity contribution in [2.45, 2.75) is 24.8 Å². The molecule has 2 N–H and O–H groups in total. The second-order valence-corrected chi connectivity index (χ2v) is 7.12. The van der Waals surface area contributed by atoms with Crippen LogP contribution >= 0.6 is 0 Å². The van der Waals surface area contributed by atoms with Gasteiger partial charge in [-0.25, -0.2) is 8.42 Å². The number of anilines is 1. The average Bonchev–Trinajstić information content (AvgIpc) is 2.46. The second-order valence-electron chi connectivity index (χ2n) is 5.15. The Morgan fingerprint density at radius 3 is 2.29 bits per heavy atom. The standard InChI is InChI=1S/C16H20N2O2S/c1-12-9-10-16(15(17)11-12)21(19,20)18(3)13(2)14-7-5-4-6-8-14/h4-11,13H,17H2,1-3H3. The van der Waals surface area contributed by atoms with Crippen LogP contribution in [0.2, 0.25) is 0 Å². The van der Waals surface area contributed by atoms with Crippen LogP contribution in [-0.4, -0.2) is 19.8 Å². The summed E-state index contributed by atoms with van der Waals surface area (Å²) in [5.41, 5.74) is 8.03. The fourth-order valence-corrected chi connectivity index (χ4v) is 3.65. The van der Waals surface area contributed by atoms with Crippen LogP contribution in [0.5, 0.6) is 0 Å². The molecule has 2 rings (SSSR count). The van der Waals surface area contributed by atoms with Crippen LogP contribution in [0, 0.1) is 6.92 Å². The molecule has 0 aliphatic rings. The summed E-state index contributed by atoms with van der Waals surface area (Å²) in [6.07, 6.45) is 0. The minimum atomic E-state index is -3.63. The number of nitrogens with zero attached hydrogens (tertiary/aromatic N) is 1. The molecule has 0 spiro atoms. The van der Waals surface area contributed by atoms with Crippen LogP contribution in [0.4, 0.5) is 5.69 Å². The number of sulfonamides is 1. The number of rotatable bonds is 4. The molecule has 0 amide bonds. The summed E-state index contributed by atoms with van der Waals surface area (Å²) in [7, 11) is -2.05. The molecule has 2 aromatic carbocycles. The molecule has 0 saturated carbocycles. The maximum atomic E-state index is 12.7. The van der Waals surface area contributed by atoms with Gasteiger partial charge in [0.25, 0.3) is 0 Å². The van der Waals surface area contributed by atoms with E-state index in [2.05, 4.69) is 0 Å². The van der Waals surface area contributed by atoms with Gasteiger partial charge in [-0.1, -0.05) is 36.4 Å². The monoisotopic (exact) mass is 304 g/mol. The molecule has 0 heterocycles. The molecule has 0 bridgehead atoms. The first-order valence-electron chi connectivity index (χ1n) is 6.73. The molecule has 4 nitrogen and oxygen atoms in total. The summed E-state index contributed by atoms with van der Waals surface area (Å²) in [4.78, 5) is 0.151. The largest absolute Gasteiger partial charge is 0.398 e. The van der Waals surface area contributed by atoms with Gasteiger partial charge in [-0.15, -0.1) is 0 Å². The maximum Gasteiger partial charge on any atom is 0.245 e. The smallest absolute Gasteiger partial charge is 0.245 e. The second kappa shape index (κ2) is 5.87. The number of benzene rings is 2. The molecular weight excluding hydrogens is 284 g/mol. The van der Waals surface area contributed by atoms with E-state index < -0.39 is 10.0 Å². The first-order valence-corrected chi connectivity index (χ1v) is 8.17.